The predicted octanol–water partition coefficient (Wildman–Crippen LogP) is 5.71. The monoisotopic (exact) mass is 398 g/mol. The van der Waals surface area contributed by atoms with Gasteiger partial charge < -0.3 is 9.72 Å². The number of thiophene rings is 1. The number of benzene rings is 2. The zero-order valence-electron chi connectivity index (χ0n) is 15.8. The number of rotatable bonds is 4. The molecule has 5 rings (SSSR count). The van der Waals surface area contributed by atoms with Crippen LogP contribution in [0.3, 0.4) is 0 Å². The van der Waals surface area contributed by atoms with Gasteiger partial charge in [-0.15, -0.1) is 11.3 Å². The minimum absolute atomic E-state index is 0.0421. The van der Waals surface area contributed by atoms with E-state index < -0.39 is 0 Å². The van der Waals surface area contributed by atoms with E-state index in [1.807, 2.05) is 29.6 Å². The Labute approximate surface area is 172 Å². The quantitative estimate of drug-likeness (QED) is 0.448. The average Bonchev–Trinajstić information content (AvgIpc) is 3.27. The highest BCUT2D eigenvalue weighted by molar-refractivity contribution is 7.11. The summed E-state index contributed by atoms with van der Waals surface area (Å²) in [6.45, 7) is 0. The summed E-state index contributed by atoms with van der Waals surface area (Å²) in [6, 6.07) is 20.8. The number of nitrogens with one attached hydrogen (secondary N) is 1. The summed E-state index contributed by atoms with van der Waals surface area (Å²) < 4.78 is 4.90. The second-order valence-electron chi connectivity index (χ2n) is 7.29. The number of H-pyrrole nitrogens is 1. The zero-order chi connectivity index (χ0) is 20.0. The number of esters is 1. The zero-order valence-corrected chi connectivity index (χ0v) is 16.6. The topological polar surface area (TPSA) is 65.9 Å². The second-order valence-corrected chi connectivity index (χ2v) is 8.21. The number of nitrogens with zero attached hydrogens (tertiary/aromatic N) is 1. The van der Waals surface area contributed by atoms with Crippen LogP contribution in [-0.4, -0.2) is 18.1 Å². The Kier molecular flexibility index (Phi) is 4.22. The molecular formula is C24H18N2O2S. The number of carbonyl (C=O) groups is 1. The van der Waals surface area contributed by atoms with Crippen LogP contribution < -0.4 is 0 Å². The maximum absolute atomic E-state index is 11.9. The fourth-order valence-corrected chi connectivity index (χ4v) is 4.82. The number of aromatic amines is 1. The summed E-state index contributed by atoms with van der Waals surface area (Å²) in [7, 11) is 1.44. The van der Waals surface area contributed by atoms with Gasteiger partial charge in [0.1, 0.15) is 10.9 Å². The first-order chi connectivity index (χ1) is 14.2. The molecule has 29 heavy (non-hydrogen) atoms. The van der Waals surface area contributed by atoms with Gasteiger partial charge in [0.05, 0.1) is 18.7 Å². The molecule has 1 N–H and O–H groups in total. The number of methoxy groups -OCH3 is 1. The SMILES string of the molecule is COC(=O)C1CC1c1cccc(-c2[nH]c3ccccc3c2-c2ccsc2C#N)c1. The van der Waals surface area contributed by atoms with Crippen LogP contribution in [0.5, 0.6) is 0 Å². The Balaban J connectivity index is 1.65. The Morgan fingerprint density at radius 1 is 1.21 bits per heavy atom. The van der Waals surface area contributed by atoms with Crippen LogP contribution in [-0.2, 0) is 9.53 Å². The van der Waals surface area contributed by atoms with E-state index in [0.29, 0.717) is 4.88 Å². The maximum atomic E-state index is 11.9. The number of hydrogen-bond donors (Lipinski definition) is 1. The van der Waals surface area contributed by atoms with E-state index in [0.717, 1.165) is 45.3 Å². The molecule has 0 radical (unpaired) electrons. The largest absolute Gasteiger partial charge is 0.469 e. The van der Waals surface area contributed by atoms with Crippen molar-refractivity contribution >= 4 is 28.2 Å². The van der Waals surface area contributed by atoms with Crippen LogP contribution in [0, 0.1) is 17.2 Å². The standard InChI is InChI=1S/C24H18N2O2S/c1-28-24(27)19-12-18(19)14-5-4-6-15(11-14)23-22(17-9-10-29-21(17)13-25)16-7-2-3-8-20(16)26-23/h2-11,18-19,26H,12H2,1H3. The molecule has 1 fully saturated rings. The molecule has 5 heteroatoms. The summed E-state index contributed by atoms with van der Waals surface area (Å²) in [5, 5.41) is 12.6. The number of ether oxygens (including phenoxy) is 1. The lowest BCUT2D eigenvalue weighted by atomic mass is 9.97. The van der Waals surface area contributed by atoms with Gasteiger partial charge >= 0.3 is 5.97 Å². The van der Waals surface area contributed by atoms with Gasteiger partial charge in [0.25, 0.3) is 0 Å². The highest BCUT2D eigenvalue weighted by atomic mass is 32.1. The number of fused-ring (bicyclic) bond motifs is 1. The fourth-order valence-electron chi connectivity index (χ4n) is 4.13. The fraction of sp³-hybridized carbons (Fsp3) is 0.167. The summed E-state index contributed by atoms with van der Waals surface area (Å²) in [6.07, 6.45) is 0.832. The van der Waals surface area contributed by atoms with Crippen molar-refractivity contribution in [1.29, 1.82) is 5.26 Å². The van der Waals surface area contributed by atoms with Crippen LogP contribution >= 0.6 is 11.3 Å². The summed E-state index contributed by atoms with van der Waals surface area (Å²) in [5.74, 6) is 0.0363. The molecule has 2 atom stereocenters. The normalized spacial score (nSPS) is 17.8. The van der Waals surface area contributed by atoms with Crippen molar-refractivity contribution in [3.8, 4) is 28.5 Å². The van der Waals surface area contributed by atoms with Crippen molar-refractivity contribution in [2.24, 2.45) is 5.92 Å². The summed E-state index contributed by atoms with van der Waals surface area (Å²) in [4.78, 5) is 16.1. The first kappa shape index (κ1) is 17.7. The van der Waals surface area contributed by atoms with Crippen LogP contribution in [0.25, 0.3) is 33.3 Å². The van der Waals surface area contributed by atoms with E-state index in [2.05, 4.69) is 41.4 Å². The average molecular weight is 398 g/mol. The van der Waals surface area contributed by atoms with E-state index in [4.69, 9.17) is 4.74 Å². The molecule has 142 valence electrons. The Morgan fingerprint density at radius 2 is 2.07 bits per heavy atom. The third kappa shape index (κ3) is 2.93. The van der Waals surface area contributed by atoms with E-state index in [9.17, 15) is 10.1 Å². The van der Waals surface area contributed by atoms with E-state index in [1.54, 1.807) is 0 Å². The number of hydrogen-bond acceptors (Lipinski definition) is 4. The van der Waals surface area contributed by atoms with Gasteiger partial charge in [0, 0.05) is 22.0 Å². The molecule has 0 spiro atoms. The molecular weight excluding hydrogens is 380 g/mol. The first-order valence-electron chi connectivity index (χ1n) is 9.48. The second kappa shape index (κ2) is 6.91. The van der Waals surface area contributed by atoms with Gasteiger partial charge in [-0.25, -0.2) is 0 Å². The van der Waals surface area contributed by atoms with Crippen LogP contribution in [0.1, 0.15) is 22.8 Å². The highest BCUT2D eigenvalue weighted by Crippen LogP contribution is 2.49. The number of aromatic nitrogens is 1. The lowest BCUT2D eigenvalue weighted by molar-refractivity contribution is -0.142. The predicted molar refractivity (Wildman–Crippen MR) is 115 cm³/mol. The highest BCUT2D eigenvalue weighted by Gasteiger charge is 2.45. The van der Waals surface area contributed by atoms with Gasteiger partial charge in [0.2, 0.25) is 0 Å². The van der Waals surface area contributed by atoms with E-state index in [1.165, 1.54) is 18.4 Å². The summed E-state index contributed by atoms with van der Waals surface area (Å²) in [5.41, 5.74) is 6.24. The third-order valence-electron chi connectivity index (χ3n) is 5.64. The van der Waals surface area contributed by atoms with Crippen molar-refractivity contribution < 1.29 is 9.53 Å². The number of nitriles is 1. The van der Waals surface area contributed by atoms with Gasteiger partial charge in [-0.1, -0.05) is 36.4 Å². The molecule has 2 heterocycles. The molecule has 2 aromatic carbocycles. The van der Waals surface area contributed by atoms with E-state index in [-0.39, 0.29) is 17.8 Å². The van der Waals surface area contributed by atoms with Crippen molar-refractivity contribution in [1.82, 2.24) is 4.98 Å². The van der Waals surface area contributed by atoms with Crippen LogP contribution in [0.4, 0.5) is 0 Å². The molecule has 0 aliphatic heterocycles. The van der Waals surface area contributed by atoms with Gasteiger partial charge in [-0.05, 0) is 47.0 Å². The Morgan fingerprint density at radius 3 is 2.90 bits per heavy atom. The maximum Gasteiger partial charge on any atom is 0.309 e. The molecule has 0 saturated heterocycles. The van der Waals surface area contributed by atoms with Crippen molar-refractivity contribution in [2.45, 2.75) is 12.3 Å². The minimum atomic E-state index is -0.136. The number of para-hydroxylation sites is 1. The molecule has 1 saturated carbocycles. The van der Waals surface area contributed by atoms with Crippen molar-refractivity contribution in [3.05, 3.63) is 70.4 Å². The van der Waals surface area contributed by atoms with Gasteiger partial charge in [-0.3, -0.25) is 4.79 Å². The van der Waals surface area contributed by atoms with Crippen molar-refractivity contribution in [2.75, 3.05) is 7.11 Å². The molecule has 0 amide bonds. The minimum Gasteiger partial charge on any atom is -0.469 e. The third-order valence-corrected chi connectivity index (χ3v) is 6.46. The molecule has 1 aliphatic carbocycles. The Hall–Kier alpha value is -3.36. The van der Waals surface area contributed by atoms with Gasteiger partial charge in [0.15, 0.2) is 0 Å². The van der Waals surface area contributed by atoms with Gasteiger partial charge in [-0.2, -0.15) is 5.26 Å². The smallest absolute Gasteiger partial charge is 0.309 e. The first-order valence-corrected chi connectivity index (χ1v) is 10.4. The van der Waals surface area contributed by atoms with Crippen LogP contribution in [0.15, 0.2) is 60.0 Å². The Bertz CT molecular complexity index is 1280. The summed E-state index contributed by atoms with van der Waals surface area (Å²) >= 11 is 1.46. The molecule has 0 bridgehead atoms. The van der Waals surface area contributed by atoms with Crippen LogP contribution in [0.2, 0.25) is 0 Å². The van der Waals surface area contributed by atoms with E-state index >= 15 is 0 Å². The lowest BCUT2D eigenvalue weighted by Gasteiger charge is -2.07. The van der Waals surface area contributed by atoms with Crippen molar-refractivity contribution in [3.63, 3.8) is 0 Å². The molecule has 1 aliphatic rings. The molecule has 4 nitrogen and oxygen atoms in total. The lowest BCUT2D eigenvalue weighted by Crippen LogP contribution is -2.03. The molecule has 2 unspecified atom stereocenters. The molecule has 2 aromatic heterocycles. The molecule has 4 aromatic rings. The number of carbonyl (C=O) groups excluding carboxylic acids is 1.